The van der Waals surface area contributed by atoms with Gasteiger partial charge in [0.25, 0.3) is 0 Å². The second kappa shape index (κ2) is 4.99. The van der Waals surface area contributed by atoms with Gasteiger partial charge in [0.05, 0.1) is 6.61 Å². The maximum Gasteiger partial charge on any atom is 0.120 e. The molecule has 0 rings (SSSR count). The standard InChI is InChI=1S/C8H11ClO2/c1-3-8(11)7(5-10)6(2)4-9/h3,10-11H,1-2,4-5H2/b8-7-. The second-order valence-corrected chi connectivity index (χ2v) is 2.23. The molecule has 0 fully saturated rings. The SMILES string of the molecule is C=C/C(O)=C(\CO)C(=C)CCl. The van der Waals surface area contributed by atoms with E-state index in [-0.39, 0.29) is 18.2 Å². The lowest BCUT2D eigenvalue weighted by Gasteiger charge is -2.05. The minimum Gasteiger partial charge on any atom is -0.508 e. The van der Waals surface area contributed by atoms with Gasteiger partial charge in [0.15, 0.2) is 0 Å². The van der Waals surface area contributed by atoms with E-state index in [1.165, 1.54) is 6.08 Å². The maximum absolute atomic E-state index is 9.10. The molecular weight excluding hydrogens is 164 g/mol. The predicted molar refractivity (Wildman–Crippen MR) is 46.8 cm³/mol. The van der Waals surface area contributed by atoms with Gasteiger partial charge in [-0.2, -0.15) is 0 Å². The normalized spacial score (nSPS) is 12.2. The molecule has 62 valence electrons. The van der Waals surface area contributed by atoms with Crippen LogP contribution in [0.1, 0.15) is 0 Å². The van der Waals surface area contributed by atoms with Gasteiger partial charge in [-0.05, 0) is 11.6 Å². The van der Waals surface area contributed by atoms with E-state index in [1.807, 2.05) is 0 Å². The number of hydrogen-bond acceptors (Lipinski definition) is 2. The summed E-state index contributed by atoms with van der Waals surface area (Å²) < 4.78 is 0. The highest BCUT2D eigenvalue weighted by Gasteiger charge is 2.04. The highest BCUT2D eigenvalue weighted by Crippen LogP contribution is 2.12. The third kappa shape index (κ3) is 2.78. The van der Waals surface area contributed by atoms with Crippen LogP contribution in [0.3, 0.4) is 0 Å². The highest BCUT2D eigenvalue weighted by molar-refractivity contribution is 6.19. The summed E-state index contributed by atoms with van der Waals surface area (Å²) >= 11 is 5.44. The fraction of sp³-hybridized carbons (Fsp3) is 0.250. The van der Waals surface area contributed by atoms with E-state index >= 15 is 0 Å². The van der Waals surface area contributed by atoms with Gasteiger partial charge in [-0.25, -0.2) is 0 Å². The van der Waals surface area contributed by atoms with Crippen molar-refractivity contribution in [1.29, 1.82) is 0 Å². The van der Waals surface area contributed by atoms with Gasteiger partial charge in [-0.1, -0.05) is 13.2 Å². The highest BCUT2D eigenvalue weighted by atomic mass is 35.5. The largest absolute Gasteiger partial charge is 0.508 e. The Morgan fingerprint density at radius 2 is 2.09 bits per heavy atom. The Kier molecular flexibility index (Phi) is 4.66. The number of aliphatic hydroxyl groups is 2. The van der Waals surface area contributed by atoms with Crippen LogP contribution >= 0.6 is 11.6 Å². The van der Waals surface area contributed by atoms with Crippen molar-refractivity contribution in [2.24, 2.45) is 0 Å². The minimum atomic E-state index is -0.274. The molecule has 0 spiro atoms. The minimum absolute atomic E-state index is 0.0712. The summed E-state index contributed by atoms with van der Waals surface area (Å²) in [5.74, 6) is 0.117. The van der Waals surface area contributed by atoms with Gasteiger partial charge in [0, 0.05) is 11.5 Å². The van der Waals surface area contributed by atoms with Crippen LogP contribution in [0.5, 0.6) is 0 Å². The Labute approximate surface area is 71.1 Å². The zero-order valence-electron chi connectivity index (χ0n) is 6.18. The summed E-state index contributed by atoms with van der Waals surface area (Å²) in [6.45, 7) is 6.62. The molecule has 0 atom stereocenters. The molecule has 3 heteroatoms. The first kappa shape index (κ1) is 10.3. The summed E-state index contributed by atoms with van der Waals surface area (Å²) in [5, 5.41) is 17.8. The molecule has 0 saturated carbocycles. The molecule has 0 aliphatic heterocycles. The summed E-state index contributed by atoms with van der Waals surface area (Å²) in [7, 11) is 0. The van der Waals surface area contributed by atoms with E-state index in [1.54, 1.807) is 0 Å². The van der Waals surface area contributed by atoms with Crippen molar-refractivity contribution >= 4 is 11.6 Å². The summed E-state index contributed by atoms with van der Waals surface area (Å²) in [6, 6.07) is 0. The molecule has 2 N–H and O–H groups in total. The van der Waals surface area contributed by atoms with Crippen LogP contribution in [-0.2, 0) is 0 Å². The average molecular weight is 175 g/mol. The number of aliphatic hydroxyl groups excluding tert-OH is 2. The van der Waals surface area contributed by atoms with Gasteiger partial charge in [-0.15, -0.1) is 11.6 Å². The third-order valence-corrected chi connectivity index (χ3v) is 1.57. The van der Waals surface area contributed by atoms with Crippen molar-refractivity contribution in [3.8, 4) is 0 Å². The van der Waals surface area contributed by atoms with Crippen molar-refractivity contribution in [2.75, 3.05) is 12.5 Å². The smallest absolute Gasteiger partial charge is 0.120 e. The molecule has 0 amide bonds. The summed E-state index contributed by atoms with van der Waals surface area (Å²) in [5.41, 5.74) is 0.849. The van der Waals surface area contributed by atoms with E-state index in [9.17, 15) is 0 Å². The Morgan fingerprint density at radius 1 is 1.55 bits per heavy atom. The molecule has 2 nitrogen and oxygen atoms in total. The molecule has 0 aliphatic rings. The Balaban J connectivity index is 4.64. The van der Waals surface area contributed by atoms with Crippen molar-refractivity contribution in [3.63, 3.8) is 0 Å². The Bertz CT molecular complexity index is 194. The molecule has 0 saturated heterocycles. The van der Waals surface area contributed by atoms with Crippen LogP contribution < -0.4 is 0 Å². The lowest BCUT2D eigenvalue weighted by atomic mass is 10.1. The molecule has 0 radical (unpaired) electrons. The lowest BCUT2D eigenvalue weighted by Crippen LogP contribution is -1.99. The summed E-state index contributed by atoms with van der Waals surface area (Å²) in [4.78, 5) is 0. The zero-order valence-corrected chi connectivity index (χ0v) is 6.93. The van der Waals surface area contributed by atoms with E-state index in [4.69, 9.17) is 21.8 Å². The maximum atomic E-state index is 9.10. The number of halogens is 1. The van der Waals surface area contributed by atoms with E-state index in [0.29, 0.717) is 11.1 Å². The number of allylic oxidation sites excluding steroid dienone is 1. The Hall–Kier alpha value is -0.730. The topological polar surface area (TPSA) is 40.5 Å². The molecule has 0 aromatic rings. The van der Waals surface area contributed by atoms with Crippen LogP contribution in [0, 0.1) is 0 Å². The lowest BCUT2D eigenvalue weighted by molar-refractivity contribution is 0.321. The molecular formula is C8H11ClO2. The quantitative estimate of drug-likeness (QED) is 0.388. The monoisotopic (exact) mass is 174 g/mol. The van der Waals surface area contributed by atoms with Crippen LogP contribution in [0.4, 0.5) is 0 Å². The van der Waals surface area contributed by atoms with Gasteiger partial charge in [-0.3, -0.25) is 0 Å². The number of rotatable bonds is 4. The van der Waals surface area contributed by atoms with Crippen LogP contribution in [0.25, 0.3) is 0 Å². The summed E-state index contributed by atoms with van der Waals surface area (Å²) in [6.07, 6.45) is 1.24. The molecule has 0 aliphatic carbocycles. The molecule has 0 aromatic heterocycles. The predicted octanol–water partition coefficient (Wildman–Crippen LogP) is 1.77. The van der Waals surface area contributed by atoms with Gasteiger partial charge in [0.2, 0.25) is 0 Å². The van der Waals surface area contributed by atoms with Crippen molar-refractivity contribution < 1.29 is 10.2 Å². The van der Waals surface area contributed by atoms with Gasteiger partial charge >= 0.3 is 0 Å². The van der Waals surface area contributed by atoms with E-state index in [0.717, 1.165) is 0 Å². The molecule has 11 heavy (non-hydrogen) atoms. The molecule has 0 aromatic carbocycles. The van der Waals surface area contributed by atoms with Gasteiger partial charge < -0.3 is 10.2 Å². The van der Waals surface area contributed by atoms with Crippen LogP contribution in [-0.4, -0.2) is 22.7 Å². The molecule has 0 bridgehead atoms. The van der Waals surface area contributed by atoms with Crippen LogP contribution in [0.2, 0.25) is 0 Å². The first-order chi connectivity index (χ1) is 5.17. The van der Waals surface area contributed by atoms with Crippen molar-refractivity contribution in [3.05, 3.63) is 36.1 Å². The zero-order chi connectivity index (χ0) is 8.85. The Morgan fingerprint density at radius 3 is 2.36 bits per heavy atom. The second-order valence-electron chi connectivity index (χ2n) is 1.96. The van der Waals surface area contributed by atoms with E-state index < -0.39 is 0 Å². The fourth-order valence-corrected chi connectivity index (χ4v) is 0.739. The first-order valence-electron chi connectivity index (χ1n) is 3.06. The van der Waals surface area contributed by atoms with Crippen molar-refractivity contribution in [1.82, 2.24) is 0 Å². The number of alkyl halides is 1. The molecule has 0 heterocycles. The first-order valence-corrected chi connectivity index (χ1v) is 3.60. The fourth-order valence-electron chi connectivity index (χ4n) is 0.578. The van der Waals surface area contributed by atoms with E-state index in [2.05, 4.69) is 13.2 Å². The van der Waals surface area contributed by atoms with Crippen molar-refractivity contribution in [2.45, 2.75) is 0 Å². The van der Waals surface area contributed by atoms with Crippen LogP contribution in [0.15, 0.2) is 36.1 Å². The average Bonchev–Trinajstić information content (AvgIpc) is 2.05. The van der Waals surface area contributed by atoms with Gasteiger partial charge in [0.1, 0.15) is 5.76 Å². The number of hydrogen-bond donors (Lipinski definition) is 2. The third-order valence-electron chi connectivity index (χ3n) is 1.25. The molecule has 0 unspecified atom stereocenters.